The fourth-order valence-corrected chi connectivity index (χ4v) is 3.60. The van der Waals surface area contributed by atoms with Crippen molar-refractivity contribution in [2.45, 2.75) is 31.9 Å². The predicted molar refractivity (Wildman–Crippen MR) is 97.8 cm³/mol. The van der Waals surface area contributed by atoms with Crippen LogP contribution < -0.4 is 5.32 Å². The molecule has 0 fully saturated rings. The molecule has 3 aromatic rings. The molecule has 1 aromatic heterocycles. The van der Waals surface area contributed by atoms with Crippen LogP contribution in [0.25, 0.3) is 10.9 Å². The summed E-state index contributed by atoms with van der Waals surface area (Å²) in [4.78, 5) is 17.7. The maximum atomic E-state index is 13.0. The van der Waals surface area contributed by atoms with Crippen molar-refractivity contribution >= 4 is 22.5 Å². The van der Waals surface area contributed by atoms with Gasteiger partial charge in [-0.2, -0.15) is 13.2 Å². The summed E-state index contributed by atoms with van der Waals surface area (Å²) in [6, 6.07) is 12.1. The zero-order valence-electron chi connectivity index (χ0n) is 14.4. The molecule has 27 heavy (non-hydrogen) atoms. The zero-order valence-corrected chi connectivity index (χ0v) is 14.4. The second-order valence-corrected chi connectivity index (χ2v) is 6.67. The van der Waals surface area contributed by atoms with E-state index in [4.69, 9.17) is 0 Å². The highest BCUT2D eigenvalue weighted by Gasteiger charge is 2.30. The molecule has 1 aliphatic carbocycles. The average molecular weight is 370 g/mol. The molecular formula is C21H17F3N2O. The van der Waals surface area contributed by atoms with Gasteiger partial charge in [0.25, 0.3) is 5.91 Å². The van der Waals surface area contributed by atoms with Crippen LogP contribution in [0, 0.1) is 0 Å². The maximum absolute atomic E-state index is 13.0. The number of nitrogens with one attached hydrogen (secondary N) is 1. The Kier molecular flexibility index (Phi) is 4.34. The molecule has 0 atom stereocenters. The molecule has 1 N–H and O–H groups in total. The van der Waals surface area contributed by atoms with Crippen LogP contribution in [0.4, 0.5) is 18.9 Å². The van der Waals surface area contributed by atoms with E-state index in [2.05, 4.69) is 10.3 Å². The number of aryl methyl sites for hydroxylation is 1. The fraction of sp³-hybridized carbons (Fsp3) is 0.238. The van der Waals surface area contributed by atoms with Crippen molar-refractivity contribution in [3.8, 4) is 0 Å². The molecule has 0 unspecified atom stereocenters. The molecular weight excluding hydrogens is 353 g/mol. The number of hydrogen-bond donors (Lipinski definition) is 1. The van der Waals surface area contributed by atoms with E-state index < -0.39 is 17.6 Å². The SMILES string of the molecule is O=C(Nc1cccc(C(F)(F)F)c1)c1c2c(nc3ccccc13)CCCC2. The molecule has 1 heterocycles. The maximum Gasteiger partial charge on any atom is 0.416 e. The van der Waals surface area contributed by atoms with Crippen LogP contribution in [0.15, 0.2) is 48.5 Å². The van der Waals surface area contributed by atoms with Crippen LogP contribution in [-0.2, 0) is 19.0 Å². The number of carbonyl (C=O) groups excluding carboxylic acids is 1. The molecule has 2 aromatic carbocycles. The van der Waals surface area contributed by atoms with E-state index in [1.54, 1.807) is 0 Å². The van der Waals surface area contributed by atoms with Crippen molar-refractivity contribution in [1.82, 2.24) is 4.98 Å². The fourth-order valence-electron chi connectivity index (χ4n) is 3.60. The van der Waals surface area contributed by atoms with Gasteiger partial charge in [-0.05, 0) is 55.5 Å². The number of alkyl halides is 3. The standard InChI is InChI=1S/C21H17F3N2O/c22-21(23,24)13-6-5-7-14(12-13)25-20(27)19-15-8-1-3-10-17(15)26-18-11-4-2-9-16(18)19/h1,3,5-8,10,12H,2,4,9,11H2,(H,25,27). The van der Waals surface area contributed by atoms with Gasteiger partial charge >= 0.3 is 6.18 Å². The minimum absolute atomic E-state index is 0.125. The van der Waals surface area contributed by atoms with Crippen molar-refractivity contribution in [2.24, 2.45) is 0 Å². The number of para-hydroxylation sites is 1. The van der Waals surface area contributed by atoms with E-state index in [1.807, 2.05) is 24.3 Å². The zero-order chi connectivity index (χ0) is 19.0. The lowest BCUT2D eigenvalue weighted by Gasteiger charge is -2.20. The van der Waals surface area contributed by atoms with Crippen LogP contribution in [0.2, 0.25) is 0 Å². The number of carbonyl (C=O) groups is 1. The Morgan fingerprint density at radius 1 is 1.00 bits per heavy atom. The summed E-state index contributed by atoms with van der Waals surface area (Å²) < 4.78 is 38.8. The number of benzene rings is 2. The number of pyridine rings is 1. The number of amides is 1. The Bertz CT molecular complexity index is 1030. The van der Waals surface area contributed by atoms with Gasteiger partial charge < -0.3 is 5.32 Å². The van der Waals surface area contributed by atoms with Gasteiger partial charge in [-0.1, -0.05) is 24.3 Å². The van der Waals surface area contributed by atoms with Gasteiger partial charge in [-0.3, -0.25) is 9.78 Å². The average Bonchev–Trinajstić information content (AvgIpc) is 2.65. The first kappa shape index (κ1) is 17.5. The summed E-state index contributed by atoms with van der Waals surface area (Å²) >= 11 is 0. The number of aromatic nitrogens is 1. The highest BCUT2D eigenvalue weighted by molar-refractivity contribution is 6.13. The van der Waals surface area contributed by atoms with Gasteiger partial charge in [0.15, 0.2) is 0 Å². The largest absolute Gasteiger partial charge is 0.416 e. The van der Waals surface area contributed by atoms with Crippen LogP contribution in [0.3, 0.4) is 0 Å². The highest BCUT2D eigenvalue weighted by atomic mass is 19.4. The second kappa shape index (κ2) is 6.68. The third kappa shape index (κ3) is 3.39. The van der Waals surface area contributed by atoms with E-state index >= 15 is 0 Å². The molecule has 0 bridgehead atoms. The van der Waals surface area contributed by atoms with Gasteiger partial charge in [0.05, 0.1) is 16.6 Å². The Labute approximate surface area is 154 Å². The molecule has 138 valence electrons. The summed E-state index contributed by atoms with van der Waals surface area (Å²) in [6.45, 7) is 0. The van der Waals surface area contributed by atoms with E-state index in [9.17, 15) is 18.0 Å². The highest BCUT2D eigenvalue weighted by Crippen LogP contribution is 2.32. The quantitative estimate of drug-likeness (QED) is 0.658. The molecule has 3 nitrogen and oxygen atoms in total. The smallest absolute Gasteiger partial charge is 0.322 e. The first-order valence-corrected chi connectivity index (χ1v) is 8.82. The van der Waals surface area contributed by atoms with Gasteiger partial charge in [0.2, 0.25) is 0 Å². The van der Waals surface area contributed by atoms with Crippen molar-refractivity contribution in [3.05, 3.63) is 70.9 Å². The van der Waals surface area contributed by atoms with Gasteiger partial charge in [0.1, 0.15) is 0 Å². The van der Waals surface area contributed by atoms with Crippen LogP contribution in [-0.4, -0.2) is 10.9 Å². The molecule has 1 amide bonds. The molecule has 0 radical (unpaired) electrons. The molecule has 6 heteroatoms. The summed E-state index contributed by atoms with van der Waals surface area (Å²) in [5.74, 6) is -0.397. The van der Waals surface area contributed by atoms with Crippen LogP contribution >= 0.6 is 0 Å². The minimum atomic E-state index is -4.46. The lowest BCUT2D eigenvalue weighted by atomic mass is 9.89. The number of hydrogen-bond acceptors (Lipinski definition) is 2. The number of anilines is 1. The van der Waals surface area contributed by atoms with Crippen molar-refractivity contribution in [3.63, 3.8) is 0 Å². The van der Waals surface area contributed by atoms with Gasteiger partial charge in [-0.25, -0.2) is 0 Å². The lowest BCUT2D eigenvalue weighted by molar-refractivity contribution is -0.137. The van der Waals surface area contributed by atoms with Crippen molar-refractivity contribution in [2.75, 3.05) is 5.32 Å². The van der Waals surface area contributed by atoms with Gasteiger partial charge in [-0.15, -0.1) is 0 Å². The van der Waals surface area contributed by atoms with E-state index in [0.29, 0.717) is 5.56 Å². The molecule has 0 saturated carbocycles. The monoisotopic (exact) mass is 370 g/mol. The van der Waals surface area contributed by atoms with E-state index in [0.717, 1.165) is 60.0 Å². The van der Waals surface area contributed by atoms with E-state index in [1.165, 1.54) is 12.1 Å². The van der Waals surface area contributed by atoms with Gasteiger partial charge in [0, 0.05) is 16.8 Å². The second-order valence-electron chi connectivity index (χ2n) is 6.67. The van der Waals surface area contributed by atoms with E-state index in [-0.39, 0.29) is 5.69 Å². The van der Waals surface area contributed by atoms with Crippen molar-refractivity contribution in [1.29, 1.82) is 0 Å². The number of nitrogens with zero attached hydrogens (tertiary/aromatic N) is 1. The number of rotatable bonds is 2. The molecule has 4 rings (SSSR count). The third-order valence-corrected chi connectivity index (χ3v) is 4.84. The Hall–Kier alpha value is -2.89. The number of halogens is 3. The predicted octanol–water partition coefficient (Wildman–Crippen LogP) is 5.38. The normalized spacial score (nSPS) is 14.0. The summed E-state index contributed by atoms with van der Waals surface area (Å²) in [5, 5.41) is 3.37. The Morgan fingerprint density at radius 2 is 1.78 bits per heavy atom. The summed E-state index contributed by atoms with van der Waals surface area (Å²) in [7, 11) is 0. The molecule has 0 aliphatic heterocycles. The molecule has 0 spiro atoms. The Balaban J connectivity index is 1.77. The lowest BCUT2D eigenvalue weighted by Crippen LogP contribution is -2.19. The minimum Gasteiger partial charge on any atom is -0.322 e. The molecule has 1 aliphatic rings. The Morgan fingerprint density at radius 3 is 2.59 bits per heavy atom. The van der Waals surface area contributed by atoms with Crippen molar-refractivity contribution < 1.29 is 18.0 Å². The van der Waals surface area contributed by atoms with Crippen LogP contribution in [0.5, 0.6) is 0 Å². The number of fused-ring (bicyclic) bond motifs is 2. The summed E-state index contributed by atoms with van der Waals surface area (Å²) in [6.07, 6.45) is -0.907. The first-order chi connectivity index (χ1) is 12.9. The third-order valence-electron chi connectivity index (χ3n) is 4.84. The topological polar surface area (TPSA) is 42.0 Å². The van der Waals surface area contributed by atoms with Crippen LogP contribution in [0.1, 0.15) is 40.0 Å². The summed E-state index contributed by atoms with van der Waals surface area (Å²) in [5.41, 5.74) is 2.40. The first-order valence-electron chi connectivity index (χ1n) is 8.82. The molecule has 0 saturated heterocycles.